The summed E-state index contributed by atoms with van der Waals surface area (Å²) in [5.74, 6) is -0.120. The second-order valence-electron chi connectivity index (χ2n) is 3.00. The van der Waals surface area contributed by atoms with E-state index in [2.05, 4.69) is 0 Å². The first-order valence-electron chi connectivity index (χ1n) is 3.96. The van der Waals surface area contributed by atoms with Crippen LogP contribution in [0, 0.1) is 5.92 Å². The lowest BCUT2D eigenvalue weighted by molar-refractivity contribution is -0.123. The van der Waals surface area contributed by atoms with E-state index in [0.717, 1.165) is 0 Å². The Morgan fingerprint density at radius 2 is 1.92 bits per heavy atom. The molecule has 0 rings (SSSR count). The highest BCUT2D eigenvalue weighted by atomic mass is 16.5. The van der Waals surface area contributed by atoms with Crippen LogP contribution in [0.4, 0.5) is 0 Å². The normalized spacial score (nSPS) is 14.9. The molecule has 70 valence electrons. The quantitative estimate of drug-likeness (QED) is 0.518. The van der Waals surface area contributed by atoms with E-state index in [-0.39, 0.29) is 17.5 Å². The minimum absolute atomic E-state index is 0.0157. The number of carbonyl (C=O) groups excluding carboxylic acids is 1. The molecule has 0 spiro atoms. The predicted molar refractivity (Wildman–Crippen MR) is 47.0 cm³/mol. The molecule has 1 N–H and O–H groups in total. The van der Waals surface area contributed by atoms with Crippen LogP contribution >= 0.6 is 0 Å². The van der Waals surface area contributed by atoms with Gasteiger partial charge in [0.05, 0.1) is 5.76 Å². The first kappa shape index (κ1) is 11.2. The Kier molecular flexibility index (Phi) is 4.59. The van der Waals surface area contributed by atoms with Gasteiger partial charge in [-0.2, -0.15) is 0 Å². The van der Waals surface area contributed by atoms with E-state index < -0.39 is 6.10 Å². The van der Waals surface area contributed by atoms with E-state index in [0.29, 0.717) is 0 Å². The number of rotatable bonds is 4. The highest BCUT2D eigenvalue weighted by molar-refractivity contribution is 5.93. The van der Waals surface area contributed by atoms with Crippen LogP contribution < -0.4 is 0 Å². The fourth-order valence-electron chi connectivity index (χ4n) is 0.546. The van der Waals surface area contributed by atoms with Crippen LogP contribution in [0.25, 0.3) is 0 Å². The van der Waals surface area contributed by atoms with E-state index in [1.165, 1.54) is 13.2 Å². The summed E-state index contributed by atoms with van der Waals surface area (Å²) in [4.78, 5) is 11.1. The van der Waals surface area contributed by atoms with Crippen molar-refractivity contribution in [2.75, 3.05) is 7.11 Å². The molecular weight excluding hydrogens is 156 g/mol. The summed E-state index contributed by atoms with van der Waals surface area (Å²) in [5, 5.41) is 9.23. The maximum absolute atomic E-state index is 11.1. The summed E-state index contributed by atoms with van der Waals surface area (Å²) in [7, 11) is 1.46. The number of ketones is 1. The van der Waals surface area contributed by atoms with Crippen LogP contribution in [0.3, 0.4) is 0 Å². The van der Waals surface area contributed by atoms with Crippen molar-refractivity contribution in [3.05, 3.63) is 11.8 Å². The Balaban J connectivity index is 4.23. The predicted octanol–water partition coefficient (Wildman–Crippen LogP) is 1.69. The van der Waals surface area contributed by atoms with E-state index in [9.17, 15) is 9.90 Å². The molecule has 0 aliphatic heterocycles. The summed E-state index contributed by atoms with van der Waals surface area (Å²) in [6, 6.07) is 0. The molecular formula is C9H16O3. The topological polar surface area (TPSA) is 46.5 Å². The fourth-order valence-corrected chi connectivity index (χ4v) is 0.546. The van der Waals surface area contributed by atoms with Gasteiger partial charge in [0.25, 0.3) is 0 Å². The number of methoxy groups -OCH3 is 1. The van der Waals surface area contributed by atoms with Crippen molar-refractivity contribution in [1.29, 1.82) is 0 Å². The van der Waals surface area contributed by atoms with Gasteiger partial charge in [-0.15, -0.1) is 0 Å². The third-order valence-corrected chi connectivity index (χ3v) is 1.64. The van der Waals surface area contributed by atoms with Gasteiger partial charge in [-0.05, 0) is 6.92 Å². The monoisotopic (exact) mass is 172 g/mol. The van der Waals surface area contributed by atoms with Crippen molar-refractivity contribution in [3.63, 3.8) is 0 Å². The van der Waals surface area contributed by atoms with Gasteiger partial charge in [0.2, 0.25) is 0 Å². The van der Waals surface area contributed by atoms with Crippen LogP contribution in [-0.2, 0) is 9.53 Å². The number of ether oxygens (including phenoxy) is 1. The van der Waals surface area contributed by atoms with Crippen molar-refractivity contribution in [1.82, 2.24) is 0 Å². The van der Waals surface area contributed by atoms with E-state index in [1.54, 1.807) is 6.92 Å². The maximum atomic E-state index is 11.1. The smallest absolute Gasteiger partial charge is 0.187 e. The lowest BCUT2D eigenvalue weighted by atomic mass is 10.1. The average molecular weight is 172 g/mol. The molecule has 3 heteroatoms. The average Bonchev–Trinajstić information content (AvgIpc) is 2.02. The molecule has 0 saturated heterocycles. The second-order valence-corrected chi connectivity index (χ2v) is 3.00. The molecule has 0 aliphatic carbocycles. The van der Waals surface area contributed by atoms with Crippen molar-refractivity contribution in [2.24, 2.45) is 5.92 Å². The second kappa shape index (κ2) is 4.93. The van der Waals surface area contributed by atoms with Crippen LogP contribution in [0.15, 0.2) is 11.8 Å². The van der Waals surface area contributed by atoms with Crippen molar-refractivity contribution < 1.29 is 14.6 Å². The van der Waals surface area contributed by atoms with E-state index in [4.69, 9.17) is 4.74 Å². The first-order chi connectivity index (χ1) is 5.49. The van der Waals surface area contributed by atoms with Crippen LogP contribution in [0.2, 0.25) is 0 Å². The summed E-state index contributed by atoms with van der Waals surface area (Å²) in [5.41, 5.74) is 0. The zero-order valence-electron chi connectivity index (χ0n) is 8.00. The summed E-state index contributed by atoms with van der Waals surface area (Å²) < 4.78 is 4.79. The molecule has 12 heavy (non-hydrogen) atoms. The molecule has 3 nitrogen and oxygen atoms in total. The lowest BCUT2D eigenvalue weighted by Crippen LogP contribution is -2.17. The number of carbonyl (C=O) groups is 1. The number of aliphatic hydroxyl groups excluding tert-OH is 1. The molecule has 0 radical (unpaired) electrons. The Morgan fingerprint density at radius 1 is 1.42 bits per heavy atom. The number of hydrogen-bond acceptors (Lipinski definition) is 3. The van der Waals surface area contributed by atoms with Gasteiger partial charge in [-0.1, -0.05) is 13.8 Å². The van der Waals surface area contributed by atoms with Crippen molar-refractivity contribution in [3.8, 4) is 0 Å². The highest BCUT2D eigenvalue weighted by Crippen LogP contribution is 2.06. The third kappa shape index (κ3) is 3.53. The fraction of sp³-hybridized carbons (Fsp3) is 0.667. The molecule has 0 amide bonds. The van der Waals surface area contributed by atoms with Gasteiger partial charge in [0.1, 0.15) is 6.10 Å². The van der Waals surface area contributed by atoms with Crippen molar-refractivity contribution >= 4 is 5.78 Å². The van der Waals surface area contributed by atoms with Gasteiger partial charge < -0.3 is 9.84 Å². The highest BCUT2D eigenvalue weighted by Gasteiger charge is 2.10. The maximum Gasteiger partial charge on any atom is 0.187 e. The molecule has 0 aromatic heterocycles. The molecule has 1 unspecified atom stereocenters. The van der Waals surface area contributed by atoms with Gasteiger partial charge in [0.15, 0.2) is 5.78 Å². The lowest BCUT2D eigenvalue weighted by Gasteiger charge is -2.06. The van der Waals surface area contributed by atoms with Crippen LogP contribution in [0.5, 0.6) is 0 Å². The van der Waals surface area contributed by atoms with E-state index >= 15 is 0 Å². The Labute approximate surface area is 73.0 Å². The SMILES string of the molecule is COC(C)C(=O)C=C(O)C(C)C. The third-order valence-electron chi connectivity index (χ3n) is 1.64. The van der Waals surface area contributed by atoms with Crippen molar-refractivity contribution in [2.45, 2.75) is 26.9 Å². The minimum Gasteiger partial charge on any atom is -0.512 e. The molecule has 0 fully saturated rings. The molecule has 0 heterocycles. The van der Waals surface area contributed by atoms with Gasteiger partial charge in [-0.25, -0.2) is 0 Å². The van der Waals surface area contributed by atoms with Gasteiger partial charge in [0, 0.05) is 19.1 Å². The molecule has 0 aromatic rings. The number of aliphatic hydroxyl groups is 1. The minimum atomic E-state index is -0.481. The number of allylic oxidation sites excluding steroid dienone is 1. The molecule has 1 atom stereocenters. The number of hydrogen-bond donors (Lipinski definition) is 1. The zero-order chi connectivity index (χ0) is 9.72. The molecule has 0 aromatic carbocycles. The van der Waals surface area contributed by atoms with Gasteiger partial charge in [-0.3, -0.25) is 4.79 Å². The standard InChI is InChI=1S/C9H16O3/c1-6(2)8(10)5-9(11)7(3)12-4/h5-7,10H,1-4H3. The Morgan fingerprint density at radius 3 is 2.25 bits per heavy atom. The summed E-state index contributed by atoms with van der Waals surface area (Å²) in [6.07, 6.45) is 0.740. The largest absolute Gasteiger partial charge is 0.512 e. The first-order valence-corrected chi connectivity index (χ1v) is 3.96. The van der Waals surface area contributed by atoms with Crippen LogP contribution in [0.1, 0.15) is 20.8 Å². The Hall–Kier alpha value is -0.830. The molecule has 0 aliphatic rings. The van der Waals surface area contributed by atoms with Gasteiger partial charge >= 0.3 is 0 Å². The summed E-state index contributed by atoms with van der Waals surface area (Å²) >= 11 is 0. The molecule has 0 bridgehead atoms. The summed E-state index contributed by atoms with van der Waals surface area (Å²) in [6.45, 7) is 5.28. The Bertz CT molecular complexity index is 182. The van der Waals surface area contributed by atoms with E-state index in [1.807, 2.05) is 13.8 Å². The molecule has 0 saturated carbocycles. The van der Waals surface area contributed by atoms with Crippen LogP contribution in [-0.4, -0.2) is 24.1 Å². The zero-order valence-corrected chi connectivity index (χ0v) is 8.00.